The third-order valence-electron chi connectivity index (χ3n) is 9.74. The van der Waals surface area contributed by atoms with Crippen LogP contribution in [0.5, 0.6) is 0 Å². The van der Waals surface area contributed by atoms with E-state index in [0.29, 0.717) is 53.3 Å². The summed E-state index contributed by atoms with van der Waals surface area (Å²) in [6.45, 7) is 6.36. The van der Waals surface area contributed by atoms with Crippen molar-refractivity contribution in [2.75, 3.05) is 18.4 Å². The van der Waals surface area contributed by atoms with Crippen LogP contribution in [0.2, 0.25) is 5.02 Å². The number of benzene rings is 5. The summed E-state index contributed by atoms with van der Waals surface area (Å²) >= 11 is 6.71. The molecule has 2 heterocycles. The van der Waals surface area contributed by atoms with E-state index in [-0.39, 0.29) is 17.9 Å². The number of rotatable bonds is 7. The molecule has 0 aliphatic carbocycles. The van der Waals surface area contributed by atoms with E-state index in [1.54, 1.807) is 23.1 Å². The molecule has 8 nitrogen and oxygen atoms in total. The number of hydrogen-bond donors (Lipinski definition) is 1. The predicted molar refractivity (Wildman–Crippen MR) is 209 cm³/mol. The molecule has 0 radical (unpaired) electrons. The molecule has 2 amide bonds. The lowest BCUT2D eigenvalue weighted by Gasteiger charge is -2.37. The van der Waals surface area contributed by atoms with Gasteiger partial charge in [-0.3, -0.25) is 4.79 Å². The van der Waals surface area contributed by atoms with Crippen LogP contribution in [0.1, 0.15) is 55.9 Å². The Hall–Kier alpha value is -5.91. The third kappa shape index (κ3) is 7.01. The van der Waals surface area contributed by atoms with Gasteiger partial charge < -0.3 is 15.0 Å². The van der Waals surface area contributed by atoms with Gasteiger partial charge in [-0.2, -0.15) is 10.4 Å². The largest absolute Gasteiger partial charge is 0.444 e. The number of fused-ring (bicyclic) bond motifs is 1. The van der Waals surface area contributed by atoms with Crippen LogP contribution in [0.3, 0.4) is 0 Å². The Balaban J connectivity index is 1.39. The molecule has 7 rings (SSSR count). The van der Waals surface area contributed by atoms with Crippen LogP contribution in [0.25, 0.3) is 22.0 Å². The van der Waals surface area contributed by atoms with Gasteiger partial charge in [-0.25, -0.2) is 9.48 Å². The minimum atomic E-state index is -0.941. The standard InChI is InChI=1S/C44H40ClN5O3/c1-43(2,3)53-42(52)49-25-23-31(24-26-49)41(51)47-40-37-28-32(36-27-30(29-46)19-21-38(36)45)20-22-39(37)50(48-40)44(33-13-7-4-8-14-33,34-15-9-5-10-16-34)35-17-11-6-12-18-35/h4-22,27-28,31H,23-26H2,1-3H3,(H,47,48,51). The lowest BCUT2D eigenvalue weighted by Crippen LogP contribution is -2.43. The van der Waals surface area contributed by atoms with Crippen molar-refractivity contribution >= 4 is 40.3 Å². The van der Waals surface area contributed by atoms with Crippen molar-refractivity contribution in [3.63, 3.8) is 0 Å². The van der Waals surface area contributed by atoms with Crippen LogP contribution < -0.4 is 5.32 Å². The van der Waals surface area contributed by atoms with Crippen molar-refractivity contribution in [3.05, 3.63) is 155 Å². The van der Waals surface area contributed by atoms with E-state index in [0.717, 1.165) is 27.8 Å². The molecular formula is C44H40ClN5O3. The van der Waals surface area contributed by atoms with Crippen molar-refractivity contribution in [2.24, 2.45) is 5.92 Å². The zero-order chi connectivity index (χ0) is 37.2. The fraction of sp³-hybridized carbons (Fsp3) is 0.227. The summed E-state index contributed by atoms with van der Waals surface area (Å²) < 4.78 is 7.59. The van der Waals surface area contributed by atoms with Gasteiger partial charge >= 0.3 is 6.09 Å². The van der Waals surface area contributed by atoms with Gasteiger partial charge in [0.1, 0.15) is 11.1 Å². The van der Waals surface area contributed by atoms with Gasteiger partial charge in [0, 0.05) is 35.0 Å². The van der Waals surface area contributed by atoms with Gasteiger partial charge in [0.05, 0.1) is 17.1 Å². The van der Waals surface area contributed by atoms with Crippen molar-refractivity contribution in [3.8, 4) is 17.2 Å². The zero-order valence-corrected chi connectivity index (χ0v) is 30.7. The van der Waals surface area contributed by atoms with E-state index in [4.69, 9.17) is 21.4 Å². The summed E-state index contributed by atoms with van der Waals surface area (Å²) in [5.74, 6) is -0.0952. The smallest absolute Gasteiger partial charge is 0.410 e. The quantitative estimate of drug-likeness (QED) is 0.166. The number of nitriles is 1. The Morgan fingerprint density at radius 2 is 1.38 bits per heavy atom. The van der Waals surface area contributed by atoms with E-state index in [1.165, 1.54) is 0 Å². The molecule has 0 spiro atoms. The Bertz CT molecular complexity index is 2210. The number of carbonyl (C=O) groups excluding carboxylic acids is 2. The molecule has 266 valence electrons. The topological polar surface area (TPSA) is 100 Å². The Morgan fingerprint density at radius 1 is 0.811 bits per heavy atom. The second-order valence-corrected chi connectivity index (χ2v) is 14.7. The fourth-order valence-electron chi connectivity index (χ4n) is 7.22. The van der Waals surface area contributed by atoms with E-state index in [2.05, 4.69) is 47.8 Å². The van der Waals surface area contributed by atoms with Crippen molar-refractivity contribution < 1.29 is 14.3 Å². The predicted octanol–water partition coefficient (Wildman–Crippen LogP) is 9.65. The van der Waals surface area contributed by atoms with Crippen LogP contribution in [-0.2, 0) is 15.1 Å². The fourth-order valence-corrected chi connectivity index (χ4v) is 7.45. The molecule has 5 aromatic carbocycles. The summed E-state index contributed by atoms with van der Waals surface area (Å²) in [6, 6.07) is 44.1. The highest BCUT2D eigenvalue weighted by molar-refractivity contribution is 6.33. The molecule has 1 aliphatic heterocycles. The molecule has 0 saturated carbocycles. The molecule has 0 bridgehead atoms. The first-order valence-corrected chi connectivity index (χ1v) is 18.1. The molecule has 1 saturated heterocycles. The highest BCUT2D eigenvalue weighted by Crippen LogP contribution is 2.44. The number of carbonyl (C=O) groups is 2. The van der Waals surface area contributed by atoms with Crippen LogP contribution in [0.15, 0.2) is 127 Å². The Kier molecular flexibility index (Phi) is 9.78. The molecule has 53 heavy (non-hydrogen) atoms. The minimum Gasteiger partial charge on any atom is -0.444 e. The van der Waals surface area contributed by atoms with E-state index >= 15 is 0 Å². The summed E-state index contributed by atoms with van der Waals surface area (Å²) in [6.07, 6.45) is 0.618. The number of nitrogens with one attached hydrogen (secondary N) is 1. The SMILES string of the molecule is CC(C)(C)OC(=O)N1CCC(C(=O)Nc2nn(C(c3ccccc3)(c3ccccc3)c3ccccc3)c3ccc(-c4cc(C#N)ccc4Cl)cc23)CC1. The minimum absolute atomic E-state index is 0.167. The molecule has 1 fully saturated rings. The molecule has 0 atom stereocenters. The third-order valence-corrected chi connectivity index (χ3v) is 10.1. The number of aromatic nitrogens is 2. The van der Waals surface area contributed by atoms with E-state index < -0.39 is 11.1 Å². The zero-order valence-electron chi connectivity index (χ0n) is 29.9. The van der Waals surface area contributed by atoms with E-state index in [9.17, 15) is 14.9 Å². The first kappa shape index (κ1) is 35.5. The summed E-state index contributed by atoms with van der Waals surface area (Å²) in [4.78, 5) is 28.5. The van der Waals surface area contributed by atoms with Crippen LogP contribution >= 0.6 is 11.6 Å². The molecule has 0 unspecified atom stereocenters. The maximum absolute atomic E-state index is 14.1. The van der Waals surface area contributed by atoms with Crippen LogP contribution in [0, 0.1) is 17.2 Å². The van der Waals surface area contributed by atoms with Crippen molar-refractivity contribution in [1.29, 1.82) is 5.26 Å². The summed E-state index contributed by atoms with van der Waals surface area (Å²) in [7, 11) is 0. The van der Waals surface area contributed by atoms with Crippen LogP contribution in [0.4, 0.5) is 10.6 Å². The second-order valence-electron chi connectivity index (χ2n) is 14.3. The summed E-state index contributed by atoms with van der Waals surface area (Å²) in [5.41, 5.74) is 4.19. The Morgan fingerprint density at radius 3 is 1.91 bits per heavy atom. The molecule has 1 aliphatic rings. The highest BCUT2D eigenvalue weighted by atomic mass is 35.5. The van der Waals surface area contributed by atoms with E-state index in [1.807, 2.05) is 98.2 Å². The average molecular weight is 722 g/mol. The van der Waals surface area contributed by atoms with Gasteiger partial charge in [0.2, 0.25) is 5.91 Å². The van der Waals surface area contributed by atoms with Gasteiger partial charge in [0.15, 0.2) is 5.82 Å². The highest BCUT2D eigenvalue weighted by Gasteiger charge is 2.41. The lowest BCUT2D eigenvalue weighted by molar-refractivity contribution is -0.121. The number of piperidine rings is 1. The normalized spacial score (nSPS) is 13.8. The van der Waals surface area contributed by atoms with Gasteiger partial charge in [0.25, 0.3) is 0 Å². The van der Waals surface area contributed by atoms with Crippen LogP contribution in [-0.4, -0.2) is 45.4 Å². The number of amides is 2. The maximum Gasteiger partial charge on any atom is 0.410 e. The first-order chi connectivity index (χ1) is 25.6. The molecule has 6 aromatic rings. The number of ether oxygens (including phenoxy) is 1. The number of likely N-dealkylation sites (tertiary alicyclic amines) is 1. The van der Waals surface area contributed by atoms with Gasteiger partial charge in [-0.1, -0.05) is 109 Å². The number of nitrogens with zero attached hydrogens (tertiary/aromatic N) is 4. The number of halogens is 1. The van der Waals surface area contributed by atoms with Gasteiger partial charge in [-0.15, -0.1) is 0 Å². The molecule has 1 aromatic heterocycles. The molecule has 1 N–H and O–H groups in total. The number of hydrogen-bond acceptors (Lipinski definition) is 5. The van der Waals surface area contributed by atoms with Crippen molar-refractivity contribution in [1.82, 2.24) is 14.7 Å². The lowest BCUT2D eigenvalue weighted by atomic mass is 9.77. The number of anilines is 1. The Labute approximate surface area is 314 Å². The maximum atomic E-state index is 14.1. The molecular weight excluding hydrogens is 682 g/mol. The van der Waals surface area contributed by atoms with Crippen molar-refractivity contribution in [2.45, 2.75) is 44.8 Å². The molecule has 9 heteroatoms. The monoisotopic (exact) mass is 721 g/mol. The van der Waals surface area contributed by atoms with Gasteiger partial charge in [-0.05, 0) is 86.2 Å². The second kappa shape index (κ2) is 14.6. The first-order valence-electron chi connectivity index (χ1n) is 17.8. The average Bonchev–Trinajstić information content (AvgIpc) is 3.53. The summed E-state index contributed by atoms with van der Waals surface area (Å²) in [5, 5.41) is 19.4.